The van der Waals surface area contributed by atoms with Crippen LogP contribution in [0, 0.1) is 6.92 Å². The highest BCUT2D eigenvalue weighted by Gasteiger charge is 2.16. The highest BCUT2D eigenvalue weighted by atomic mass is 35.5. The van der Waals surface area contributed by atoms with Crippen LogP contribution in [0.25, 0.3) is 0 Å². The van der Waals surface area contributed by atoms with Gasteiger partial charge in [0.25, 0.3) is 0 Å². The van der Waals surface area contributed by atoms with Crippen LogP contribution >= 0.6 is 23.2 Å². The zero-order valence-corrected chi connectivity index (χ0v) is 10.8. The van der Waals surface area contributed by atoms with Gasteiger partial charge in [-0.3, -0.25) is 4.98 Å². The van der Waals surface area contributed by atoms with Crippen molar-refractivity contribution in [3.63, 3.8) is 0 Å². The first kappa shape index (κ1) is 12.4. The predicted octanol–water partition coefficient (Wildman–Crippen LogP) is 3.74. The summed E-state index contributed by atoms with van der Waals surface area (Å²) in [5.41, 5.74) is 8.88. The van der Waals surface area contributed by atoms with Crippen molar-refractivity contribution in [1.29, 1.82) is 0 Å². The van der Waals surface area contributed by atoms with E-state index in [9.17, 15) is 0 Å². The summed E-state index contributed by atoms with van der Waals surface area (Å²) in [6.45, 7) is 1.97. The van der Waals surface area contributed by atoms with E-state index < -0.39 is 0 Å². The third-order valence-electron chi connectivity index (χ3n) is 2.57. The van der Waals surface area contributed by atoms with Crippen LogP contribution in [0.5, 0.6) is 0 Å². The van der Waals surface area contributed by atoms with E-state index in [0.717, 1.165) is 16.7 Å². The molecule has 0 radical (unpaired) electrons. The second-order valence-electron chi connectivity index (χ2n) is 3.91. The summed E-state index contributed by atoms with van der Waals surface area (Å²) in [7, 11) is 0. The predicted molar refractivity (Wildman–Crippen MR) is 71.5 cm³/mol. The molecule has 1 atom stereocenters. The van der Waals surface area contributed by atoms with E-state index in [4.69, 9.17) is 28.9 Å². The molecule has 17 heavy (non-hydrogen) atoms. The lowest BCUT2D eigenvalue weighted by Crippen LogP contribution is -2.13. The minimum Gasteiger partial charge on any atom is -0.320 e. The summed E-state index contributed by atoms with van der Waals surface area (Å²) >= 11 is 12.3. The molecule has 88 valence electrons. The SMILES string of the molecule is Cc1cncc(C(N)c2c(Cl)cccc2Cl)c1. The van der Waals surface area contributed by atoms with Gasteiger partial charge in [-0.05, 0) is 30.2 Å². The van der Waals surface area contributed by atoms with E-state index in [1.807, 2.05) is 13.0 Å². The van der Waals surface area contributed by atoms with Gasteiger partial charge < -0.3 is 5.73 Å². The third-order valence-corrected chi connectivity index (χ3v) is 3.23. The summed E-state index contributed by atoms with van der Waals surface area (Å²) < 4.78 is 0. The number of nitrogens with two attached hydrogens (primary N) is 1. The molecule has 2 rings (SSSR count). The van der Waals surface area contributed by atoms with Crippen molar-refractivity contribution in [3.8, 4) is 0 Å². The Bertz CT molecular complexity index is 520. The van der Waals surface area contributed by atoms with E-state index in [1.165, 1.54) is 0 Å². The van der Waals surface area contributed by atoms with Crippen molar-refractivity contribution in [1.82, 2.24) is 4.98 Å². The number of halogens is 2. The second kappa shape index (κ2) is 5.05. The van der Waals surface area contributed by atoms with Gasteiger partial charge in [0.05, 0.1) is 6.04 Å². The molecule has 0 saturated carbocycles. The van der Waals surface area contributed by atoms with Gasteiger partial charge in [-0.25, -0.2) is 0 Å². The Morgan fingerprint density at radius 2 is 1.82 bits per heavy atom. The van der Waals surface area contributed by atoms with Crippen molar-refractivity contribution >= 4 is 23.2 Å². The van der Waals surface area contributed by atoms with Gasteiger partial charge in [-0.15, -0.1) is 0 Å². The van der Waals surface area contributed by atoms with Crippen LogP contribution in [0.15, 0.2) is 36.7 Å². The van der Waals surface area contributed by atoms with Crippen LogP contribution in [-0.4, -0.2) is 4.98 Å². The monoisotopic (exact) mass is 266 g/mol. The number of benzene rings is 1. The topological polar surface area (TPSA) is 38.9 Å². The van der Waals surface area contributed by atoms with Crippen LogP contribution in [0.3, 0.4) is 0 Å². The molecule has 0 saturated heterocycles. The summed E-state index contributed by atoms with van der Waals surface area (Å²) in [4.78, 5) is 4.12. The Morgan fingerprint density at radius 3 is 2.41 bits per heavy atom. The van der Waals surface area contributed by atoms with Gasteiger partial charge in [0.2, 0.25) is 0 Å². The van der Waals surface area contributed by atoms with Crippen LogP contribution in [-0.2, 0) is 0 Å². The molecule has 1 heterocycles. The van der Waals surface area contributed by atoms with E-state index in [-0.39, 0.29) is 6.04 Å². The Labute approximate surface area is 110 Å². The number of hydrogen-bond donors (Lipinski definition) is 1. The lowest BCUT2D eigenvalue weighted by molar-refractivity contribution is 0.861. The lowest BCUT2D eigenvalue weighted by atomic mass is 10.00. The molecule has 0 bridgehead atoms. The fraction of sp³-hybridized carbons (Fsp3) is 0.154. The maximum atomic E-state index is 6.18. The Hall–Kier alpha value is -1.09. The summed E-state index contributed by atoms with van der Waals surface area (Å²) in [6, 6.07) is 6.99. The van der Waals surface area contributed by atoms with Gasteiger partial charge in [0.1, 0.15) is 0 Å². The molecular formula is C13H12Cl2N2. The van der Waals surface area contributed by atoms with Crippen molar-refractivity contribution in [2.75, 3.05) is 0 Å². The number of rotatable bonds is 2. The molecule has 4 heteroatoms. The summed E-state index contributed by atoms with van der Waals surface area (Å²) in [5.74, 6) is 0. The smallest absolute Gasteiger partial charge is 0.0596 e. The zero-order chi connectivity index (χ0) is 12.4. The molecule has 0 aliphatic rings. The molecule has 1 unspecified atom stereocenters. The van der Waals surface area contributed by atoms with Gasteiger partial charge in [-0.1, -0.05) is 35.3 Å². The quantitative estimate of drug-likeness (QED) is 0.900. The fourth-order valence-corrected chi connectivity index (χ4v) is 2.36. The number of hydrogen-bond acceptors (Lipinski definition) is 2. The molecule has 0 amide bonds. The molecule has 0 aliphatic carbocycles. The minimum absolute atomic E-state index is 0.358. The molecule has 0 fully saturated rings. The van der Waals surface area contributed by atoms with Crippen molar-refractivity contribution < 1.29 is 0 Å². The fourth-order valence-electron chi connectivity index (χ4n) is 1.72. The van der Waals surface area contributed by atoms with E-state index >= 15 is 0 Å². The van der Waals surface area contributed by atoms with Crippen LogP contribution in [0.4, 0.5) is 0 Å². The zero-order valence-electron chi connectivity index (χ0n) is 9.32. The Balaban J connectivity index is 2.47. The molecule has 2 nitrogen and oxygen atoms in total. The number of aromatic nitrogens is 1. The molecule has 2 aromatic rings. The average molecular weight is 267 g/mol. The van der Waals surface area contributed by atoms with Gasteiger partial charge in [0.15, 0.2) is 0 Å². The van der Waals surface area contributed by atoms with Crippen LogP contribution in [0.2, 0.25) is 10.0 Å². The molecule has 2 N–H and O–H groups in total. The normalized spacial score (nSPS) is 12.5. The Kier molecular flexibility index (Phi) is 3.67. The molecule has 1 aromatic heterocycles. The number of aryl methyl sites for hydroxylation is 1. The second-order valence-corrected chi connectivity index (χ2v) is 4.72. The standard InChI is InChI=1S/C13H12Cl2N2/c1-8-5-9(7-17-6-8)13(16)12-10(14)3-2-4-11(12)15/h2-7,13H,16H2,1H3. The van der Waals surface area contributed by atoms with Crippen molar-refractivity contribution in [2.24, 2.45) is 5.73 Å². The minimum atomic E-state index is -0.358. The van der Waals surface area contributed by atoms with E-state index in [0.29, 0.717) is 10.0 Å². The molecule has 0 spiro atoms. The van der Waals surface area contributed by atoms with Crippen molar-refractivity contribution in [2.45, 2.75) is 13.0 Å². The van der Waals surface area contributed by atoms with Crippen LogP contribution in [0.1, 0.15) is 22.7 Å². The molecular weight excluding hydrogens is 255 g/mol. The number of pyridine rings is 1. The molecule has 1 aromatic carbocycles. The maximum absolute atomic E-state index is 6.18. The van der Waals surface area contributed by atoms with Crippen LogP contribution < -0.4 is 5.73 Å². The molecule has 0 aliphatic heterocycles. The largest absolute Gasteiger partial charge is 0.320 e. The highest BCUT2D eigenvalue weighted by molar-refractivity contribution is 6.36. The third kappa shape index (κ3) is 2.60. The lowest BCUT2D eigenvalue weighted by Gasteiger charge is -2.15. The average Bonchev–Trinajstić information content (AvgIpc) is 2.28. The number of nitrogens with zero attached hydrogens (tertiary/aromatic N) is 1. The Morgan fingerprint density at radius 1 is 1.18 bits per heavy atom. The van der Waals surface area contributed by atoms with Crippen molar-refractivity contribution in [3.05, 3.63) is 63.4 Å². The van der Waals surface area contributed by atoms with Gasteiger partial charge in [-0.2, -0.15) is 0 Å². The first-order chi connectivity index (χ1) is 8.09. The maximum Gasteiger partial charge on any atom is 0.0596 e. The highest BCUT2D eigenvalue weighted by Crippen LogP contribution is 2.32. The first-order valence-corrected chi connectivity index (χ1v) is 5.96. The summed E-state index contributed by atoms with van der Waals surface area (Å²) in [6.07, 6.45) is 3.52. The van der Waals surface area contributed by atoms with Gasteiger partial charge >= 0.3 is 0 Å². The van der Waals surface area contributed by atoms with Gasteiger partial charge in [0, 0.05) is 28.0 Å². The van der Waals surface area contributed by atoms with E-state index in [2.05, 4.69) is 4.98 Å². The first-order valence-electron chi connectivity index (χ1n) is 5.20. The van der Waals surface area contributed by atoms with E-state index in [1.54, 1.807) is 30.6 Å². The summed E-state index contributed by atoms with van der Waals surface area (Å²) in [5, 5.41) is 1.15.